The number of anilines is 1. The van der Waals surface area contributed by atoms with Crippen molar-refractivity contribution in [2.75, 3.05) is 18.1 Å². The summed E-state index contributed by atoms with van der Waals surface area (Å²) in [6, 6.07) is 7.83. The molecule has 8 heteroatoms. The number of esters is 1. The first-order valence-corrected chi connectivity index (χ1v) is 8.61. The molecule has 2 amide bonds. The monoisotopic (exact) mass is 375 g/mol. The fourth-order valence-electron chi connectivity index (χ4n) is 2.65. The van der Waals surface area contributed by atoms with Gasteiger partial charge in [0.05, 0.1) is 17.7 Å². The van der Waals surface area contributed by atoms with Crippen LogP contribution in [0.1, 0.15) is 27.2 Å². The zero-order chi connectivity index (χ0) is 20.2. The second-order valence-electron chi connectivity index (χ2n) is 6.98. The molecule has 1 aromatic carbocycles. The Morgan fingerprint density at radius 2 is 2.11 bits per heavy atom. The van der Waals surface area contributed by atoms with Gasteiger partial charge in [-0.15, -0.1) is 0 Å². The van der Waals surface area contributed by atoms with E-state index in [4.69, 9.17) is 4.74 Å². The van der Waals surface area contributed by atoms with Crippen molar-refractivity contribution in [1.29, 1.82) is 5.26 Å². The Balaban J connectivity index is 1.92. The lowest BCUT2D eigenvalue weighted by Crippen LogP contribution is -2.50. The molecule has 0 spiro atoms. The maximum Gasteiger partial charge on any atom is 0.311 e. The normalized spacial score (nSPS) is 18.7. The van der Waals surface area contributed by atoms with Crippen LogP contribution >= 0.6 is 0 Å². The first kappa shape index (κ1) is 20.4. The maximum absolute atomic E-state index is 13.9. The molecule has 1 aromatic rings. The van der Waals surface area contributed by atoms with Crippen LogP contribution in [0.3, 0.4) is 0 Å². The first-order chi connectivity index (χ1) is 12.7. The number of nitrogens with zero attached hydrogens (tertiary/aromatic N) is 2. The standard InChI is InChI=1S/C19H22FN3O4/c1-12(2)19(3,11-21)22-16(24)10-27-18(26)13-8-17(25)23(9-13)15-7-5-4-6-14(15)20/h4-7,12-13H,8-10H2,1-3H3,(H,22,24)/t13-,19-/m1/s1. The molecule has 1 fully saturated rings. The minimum Gasteiger partial charge on any atom is -0.455 e. The molecule has 1 heterocycles. The van der Waals surface area contributed by atoms with E-state index in [-0.39, 0.29) is 30.5 Å². The van der Waals surface area contributed by atoms with E-state index in [0.717, 1.165) is 0 Å². The molecule has 0 aliphatic carbocycles. The predicted molar refractivity (Wildman–Crippen MR) is 94.8 cm³/mol. The summed E-state index contributed by atoms with van der Waals surface area (Å²) in [5.41, 5.74) is -0.966. The number of hydrogen-bond acceptors (Lipinski definition) is 5. The number of benzene rings is 1. The molecule has 7 nitrogen and oxygen atoms in total. The van der Waals surface area contributed by atoms with Gasteiger partial charge in [0.2, 0.25) is 5.91 Å². The van der Waals surface area contributed by atoms with Gasteiger partial charge in [0.1, 0.15) is 11.4 Å². The Morgan fingerprint density at radius 3 is 2.70 bits per heavy atom. The number of nitriles is 1. The molecule has 0 aromatic heterocycles. The van der Waals surface area contributed by atoms with Crippen LogP contribution in [0.5, 0.6) is 0 Å². The summed E-state index contributed by atoms with van der Waals surface area (Å²) in [5, 5.41) is 11.7. The van der Waals surface area contributed by atoms with Crippen LogP contribution < -0.4 is 10.2 Å². The third kappa shape index (κ3) is 4.61. The van der Waals surface area contributed by atoms with Crippen LogP contribution in [0.15, 0.2) is 24.3 Å². The number of para-hydroxylation sites is 1. The molecule has 0 saturated carbocycles. The fraction of sp³-hybridized carbons (Fsp3) is 0.474. The zero-order valence-corrected chi connectivity index (χ0v) is 15.5. The largest absolute Gasteiger partial charge is 0.455 e. The Bertz CT molecular complexity index is 789. The molecule has 1 N–H and O–H groups in total. The van der Waals surface area contributed by atoms with E-state index in [1.54, 1.807) is 26.8 Å². The van der Waals surface area contributed by atoms with Gasteiger partial charge in [-0.1, -0.05) is 26.0 Å². The van der Waals surface area contributed by atoms with Crippen molar-refractivity contribution in [3.63, 3.8) is 0 Å². The minimum absolute atomic E-state index is 0.0118. The summed E-state index contributed by atoms with van der Waals surface area (Å²) in [4.78, 5) is 37.5. The topological polar surface area (TPSA) is 99.5 Å². The predicted octanol–water partition coefficient (Wildman–Crippen LogP) is 1.78. The quantitative estimate of drug-likeness (QED) is 0.764. The van der Waals surface area contributed by atoms with Crippen molar-refractivity contribution in [3.05, 3.63) is 30.1 Å². The molecule has 27 heavy (non-hydrogen) atoms. The second-order valence-corrected chi connectivity index (χ2v) is 6.98. The molecule has 0 bridgehead atoms. The number of nitrogens with one attached hydrogen (secondary N) is 1. The molecule has 1 aliphatic rings. The lowest BCUT2D eigenvalue weighted by Gasteiger charge is -2.27. The van der Waals surface area contributed by atoms with Gasteiger partial charge in [-0.3, -0.25) is 14.4 Å². The summed E-state index contributed by atoms with van der Waals surface area (Å²) in [7, 11) is 0. The van der Waals surface area contributed by atoms with E-state index < -0.39 is 35.8 Å². The number of rotatable bonds is 6. The van der Waals surface area contributed by atoms with Crippen LogP contribution in [0.2, 0.25) is 0 Å². The van der Waals surface area contributed by atoms with Crippen molar-refractivity contribution >= 4 is 23.5 Å². The summed E-state index contributed by atoms with van der Waals surface area (Å²) in [6.45, 7) is 4.60. The van der Waals surface area contributed by atoms with Crippen molar-refractivity contribution in [3.8, 4) is 6.07 Å². The summed E-state index contributed by atoms with van der Waals surface area (Å²) in [5.74, 6) is -3.16. The van der Waals surface area contributed by atoms with E-state index in [1.807, 2.05) is 6.07 Å². The summed E-state index contributed by atoms with van der Waals surface area (Å²) in [6.07, 6.45) is -0.114. The van der Waals surface area contributed by atoms with E-state index >= 15 is 0 Å². The molecule has 1 aliphatic heterocycles. The van der Waals surface area contributed by atoms with Crippen LogP contribution in [-0.4, -0.2) is 36.5 Å². The molecule has 1 saturated heterocycles. The van der Waals surface area contributed by atoms with Gasteiger partial charge in [0.25, 0.3) is 5.91 Å². The van der Waals surface area contributed by atoms with Crippen LogP contribution in [0.4, 0.5) is 10.1 Å². The molecule has 144 valence electrons. The van der Waals surface area contributed by atoms with E-state index in [9.17, 15) is 24.0 Å². The van der Waals surface area contributed by atoms with E-state index in [0.29, 0.717) is 0 Å². The third-order valence-corrected chi connectivity index (χ3v) is 4.73. The Hall–Kier alpha value is -2.95. The van der Waals surface area contributed by atoms with E-state index in [1.165, 1.54) is 23.1 Å². The van der Waals surface area contributed by atoms with Crippen molar-refractivity contribution in [1.82, 2.24) is 5.32 Å². The van der Waals surface area contributed by atoms with Gasteiger partial charge < -0.3 is 15.0 Å². The summed E-state index contributed by atoms with van der Waals surface area (Å²) >= 11 is 0. The van der Waals surface area contributed by atoms with Crippen molar-refractivity contribution in [2.24, 2.45) is 11.8 Å². The zero-order valence-electron chi connectivity index (χ0n) is 15.5. The highest BCUT2D eigenvalue weighted by atomic mass is 19.1. The number of halogens is 1. The number of carbonyl (C=O) groups excluding carboxylic acids is 3. The summed E-state index contributed by atoms with van der Waals surface area (Å²) < 4.78 is 18.9. The third-order valence-electron chi connectivity index (χ3n) is 4.73. The number of amides is 2. The fourth-order valence-corrected chi connectivity index (χ4v) is 2.65. The van der Waals surface area contributed by atoms with Gasteiger partial charge in [0, 0.05) is 13.0 Å². The Labute approximate surface area is 157 Å². The highest BCUT2D eigenvalue weighted by Gasteiger charge is 2.37. The lowest BCUT2D eigenvalue weighted by atomic mass is 9.90. The van der Waals surface area contributed by atoms with Gasteiger partial charge in [-0.05, 0) is 25.0 Å². The van der Waals surface area contributed by atoms with Crippen LogP contribution in [-0.2, 0) is 19.1 Å². The van der Waals surface area contributed by atoms with Crippen molar-refractivity contribution < 1.29 is 23.5 Å². The van der Waals surface area contributed by atoms with E-state index in [2.05, 4.69) is 5.32 Å². The van der Waals surface area contributed by atoms with Gasteiger partial charge in [-0.25, -0.2) is 4.39 Å². The van der Waals surface area contributed by atoms with Crippen LogP contribution in [0.25, 0.3) is 0 Å². The number of ether oxygens (including phenoxy) is 1. The lowest BCUT2D eigenvalue weighted by molar-refractivity contribution is -0.152. The SMILES string of the molecule is CC(C)[C@@](C)(C#N)NC(=O)COC(=O)[C@@H]1CC(=O)N(c2ccccc2F)C1. The van der Waals surface area contributed by atoms with Gasteiger partial charge in [0.15, 0.2) is 6.61 Å². The first-order valence-electron chi connectivity index (χ1n) is 8.61. The molecule has 0 radical (unpaired) electrons. The van der Waals surface area contributed by atoms with Gasteiger partial charge >= 0.3 is 5.97 Å². The number of carbonyl (C=O) groups is 3. The minimum atomic E-state index is -1.07. The van der Waals surface area contributed by atoms with Gasteiger partial charge in [-0.2, -0.15) is 5.26 Å². The van der Waals surface area contributed by atoms with Crippen LogP contribution in [0, 0.1) is 29.0 Å². The molecule has 2 atom stereocenters. The molecule has 2 rings (SSSR count). The second kappa shape index (κ2) is 8.16. The Morgan fingerprint density at radius 1 is 1.44 bits per heavy atom. The Kier molecular flexibility index (Phi) is 6.16. The highest BCUT2D eigenvalue weighted by Crippen LogP contribution is 2.27. The van der Waals surface area contributed by atoms with Crippen molar-refractivity contribution in [2.45, 2.75) is 32.7 Å². The molecular formula is C19H22FN3O4. The average Bonchev–Trinajstić information content (AvgIpc) is 3.01. The number of hydrogen-bond donors (Lipinski definition) is 1. The molecule has 0 unspecified atom stereocenters. The smallest absolute Gasteiger partial charge is 0.311 e. The average molecular weight is 375 g/mol. The molecular weight excluding hydrogens is 353 g/mol. The maximum atomic E-state index is 13.9. The highest BCUT2D eigenvalue weighted by molar-refractivity contribution is 5.99.